The molecule has 2 aliphatic heterocycles. The summed E-state index contributed by atoms with van der Waals surface area (Å²) in [4.78, 5) is 24.3. The van der Waals surface area contributed by atoms with Gasteiger partial charge in [-0.25, -0.2) is 29.4 Å². The van der Waals surface area contributed by atoms with Crippen LogP contribution >= 0.6 is 11.6 Å². The van der Waals surface area contributed by atoms with E-state index in [0.29, 0.717) is 45.0 Å². The van der Waals surface area contributed by atoms with E-state index in [9.17, 15) is 5.11 Å². The molecule has 11 nitrogen and oxygen atoms in total. The number of hydrogen-bond donors (Lipinski definition) is 2. The quantitative estimate of drug-likeness (QED) is 0.369. The number of aliphatic hydroxyl groups is 1. The van der Waals surface area contributed by atoms with Crippen molar-refractivity contribution in [3.8, 4) is 11.5 Å². The van der Waals surface area contributed by atoms with Crippen LogP contribution in [-0.4, -0.2) is 58.8 Å². The number of nitrogens with zero attached hydrogens (tertiary/aromatic N) is 8. The highest BCUT2D eigenvalue weighted by molar-refractivity contribution is 6.32. The summed E-state index contributed by atoms with van der Waals surface area (Å²) in [5.41, 5.74) is 2.65. The summed E-state index contributed by atoms with van der Waals surface area (Å²) in [7, 11) is 0. The van der Waals surface area contributed by atoms with Crippen molar-refractivity contribution in [1.29, 1.82) is 0 Å². The molecular formula is C24H20ClN9O2. The number of benzene rings is 1. The van der Waals surface area contributed by atoms with E-state index in [4.69, 9.17) is 21.3 Å². The molecule has 0 radical (unpaired) electrons. The Labute approximate surface area is 209 Å². The van der Waals surface area contributed by atoms with E-state index >= 15 is 0 Å². The molecule has 6 heterocycles. The van der Waals surface area contributed by atoms with Crippen LogP contribution in [0.5, 0.6) is 11.5 Å². The number of aliphatic hydroxyl groups excluding tert-OH is 1. The van der Waals surface area contributed by atoms with Crippen LogP contribution in [0.3, 0.4) is 0 Å². The number of nitrogens with one attached hydrogen (secondary N) is 1. The van der Waals surface area contributed by atoms with Gasteiger partial charge >= 0.3 is 0 Å². The number of hydrogen-bond acceptors (Lipinski definition) is 10. The van der Waals surface area contributed by atoms with Crippen LogP contribution < -0.4 is 15.0 Å². The first-order valence-electron chi connectivity index (χ1n) is 11.6. The molecule has 1 unspecified atom stereocenters. The molecule has 2 N–H and O–H groups in total. The molecule has 3 aliphatic rings. The summed E-state index contributed by atoms with van der Waals surface area (Å²) in [6.07, 6.45) is 7.29. The second kappa shape index (κ2) is 8.25. The van der Waals surface area contributed by atoms with Gasteiger partial charge in [0.1, 0.15) is 35.2 Å². The third kappa shape index (κ3) is 3.64. The molecule has 36 heavy (non-hydrogen) atoms. The Hall–Kier alpha value is -4.09. The average molecular weight is 502 g/mol. The van der Waals surface area contributed by atoms with Crippen molar-refractivity contribution in [2.45, 2.75) is 12.5 Å². The maximum absolute atomic E-state index is 10.1. The highest BCUT2D eigenvalue weighted by Crippen LogP contribution is 2.41. The molecule has 4 aromatic heterocycles. The van der Waals surface area contributed by atoms with Gasteiger partial charge in [0.05, 0.1) is 17.3 Å². The zero-order chi connectivity index (χ0) is 24.2. The highest BCUT2D eigenvalue weighted by Gasteiger charge is 2.46. The third-order valence-corrected chi connectivity index (χ3v) is 7.10. The number of aromatic nitrogens is 7. The average Bonchev–Trinajstić information content (AvgIpc) is 3.38. The molecule has 3 atom stereocenters. The molecule has 5 aromatic rings. The van der Waals surface area contributed by atoms with Gasteiger partial charge in [-0.2, -0.15) is 5.10 Å². The van der Waals surface area contributed by atoms with Crippen molar-refractivity contribution in [2.24, 2.45) is 11.8 Å². The lowest BCUT2D eigenvalue weighted by Crippen LogP contribution is -2.58. The van der Waals surface area contributed by atoms with Crippen molar-refractivity contribution in [1.82, 2.24) is 34.5 Å². The largest absolute Gasteiger partial charge is 0.456 e. The zero-order valence-electron chi connectivity index (χ0n) is 18.9. The number of pyridine rings is 1. The molecular weight excluding hydrogens is 482 g/mol. The van der Waals surface area contributed by atoms with Crippen LogP contribution in [0.25, 0.3) is 16.7 Å². The van der Waals surface area contributed by atoms with Crippen molar-refractivity contribution in [2.75, 3.05) is 23.3 Å². The van der Waals surface area contributed by atoms with Crippen LogP contribution in [0.1, 0.15) is 6.42 Å². The molecule has 180 valence electrons. The second-order valence-corrected chi connectivity index (χ2v) is 9.48. The molecule has 1 saturated carbocycles. The Morgan fingerprint density at radius 2 is 1.92 bits per heavy atom. The fourth-order valence-corrected chi connectivity index (χ4v) is 5.12. The van der Waals surface area contributed by atoms with Crippen LogP contribution in [-0.2, 0) is 0 Å². The lowest BCUT2D eigenvalue weighted by Gasteiger charge is -2.51. The molecule has 12 heteroatoms. The van der Waals surface area contributed by atoms with Gasteiger partial charge in [0, 0.05) is 42.9 Å². The minimum absolute atomic E-state index is 0.204. The molecule has 8 rings (SSSR count). The van der Waals surface area contributed by atoms with Crippen molar-refractivity contribution >= 4 is 45.7 Å². The number of rotatable bonds is 5. The number of anilines is 3. The fourth-order valence-electron chi connectivity index (χ4n) is 4.90. The molecule has 1 aromatic carbocycles. The van der Waals surface area contributed by atoms with E-state index in [0.717, 1.165) is 25.2 Å². The Balaban J connectivity index is 1.13. The van der Waals surface area contributed by atoms with E-state index in [2.05, 4.69) is 35.3 Å². The predicted octanol–water partition coefficient (Wildman–Crippen LogP) is 3.47. The first kappa shape index (κ1) is 21.2. The van der Waals surface area contributed by atoms with Crippen molar-refractivity contribution < 1.29 is 9.84 Å². The van der Waals surface area contributed by atoms with Crippen LogP contribution in [0.2, 0.25) is 5.02 Å². The van der Waals surface area contributed by atoms with Crippen molar-refractivity contribution in [3.63, 3.8) is 0 Å². The van der Waals surface area contributed by atoms with E-state index in [1.165, 1.54) is 12.7 Å². The molecule has 0 spiro atoms. The molecule has 2 saturated heterocycles. The molecule has 2 bridgehead atoms. The van der Waals surface area contributed by atoms with Gasteiger partial charge in [0.25, 0.3) is 0 Å². The number of ether oxygens (including phenoxy) is 1. The van der Waals surface area contributed by atoms with Gasteiger partial charge in [-0.15, -0.1) is 0 Å². The van der Waals surface area contributed by atoms with Gasteiger partial charge < -0.3 is 20.1 Å². The summed E-state index contributed by atoms with van der Waals surface area (Å²) < 4.78 is 7.61. The van der Waals surface area contributed by atoms with Crippen LogP contribution in [0.15, 0.2) is 55.4 Å². The third-order valence-electron chi connectivity index (χ3n) is 6.80. The Bertz CT molecular complexity index is 1600. The normalized spacial score (nSPS) is 20.9. The summed E-state index contributed by atoms with van der Waals surface area (Å²) >= 11 is 6.53. The van der Waals surface area contributed by atoms with E-state index in [1.807, 2.05) is 6.07 Å². The summed E-state index contributed by atoms with van der Waals surface area (Å²) in [5, 5.41) is 17.9. The first-order valence-corrected chi connectivity index (χ1v) is 11.9. The highest BCUT2D eigenvalue weighted by atomic mass is 35.5. The summed E-state index contributed by atoms with van der Waals surface area (Å²) in [5.74, 6) is 2.85. The van der Waals surface area contributed by atoms with Gasteiger partial charge in [0.2, 0.25) is 5.95 Å². The Morgan fingerprint density at radius 3 is 2.75 bits per heavy atom. The van der Waals surface area contributed by atoms with Crippen LogP contribution in [0.4, 0.5) is 17.5 Å². The topological polar surface area (TPSA) is 126 Å². The summed E-state index contributed by atoms with van der Waals surface area (Å²) in [6.45, 7) is 1.50. The Kier molecular flexibility index (Phi) is 4.86. The molecule has 1 aliphatic carbocycles. The number of fused-ring (bicyclic) bond motifs is 4. The zero-order valence-corrected chi connectivity index (χ0v) is 19.6. The lowest BCUT2D eigenvalue weighted by atomic mass is 9.68. The Morgan fingerprint density at radius 1 is 1.03 bits per heavy atom. The monoisotopic (exact) mass is 501 g/mol. The van der Waals surface area contributed by atoms with Gasteiger partial charge in [-0.3, -0.25) is 0 Å². The SMILES string of the molecule is OC1[C@@H]2C[C@H]1CN(c1ncc3ncnc(Nc4ccc(Oc5ccn6ncnc6c5)c(Cl)c4)c3n1)C2. The smallest absolute Gasteiger partial charge is 0.226 e. The number of piperidine rings is 2. The minimum Gasteiger partial charge on any atom is -0.456 e. The van der Waals surface area contributed by atoms with E-state index in [-0.39, 0.29) is 17.9 Å². The lowest BCUT2D eigenvalue weighted by molar-refractivity contribution is -0.0534. The maximum Gasteiger partial charge on any atom is 0.226 e. The second-order valence-electron chi connectivity index (χ2n) is 9.08. The van der Waals surface area contributed by atoms with Crippen molar-refractivity contribution in [3.05, 3.63) is 60.4 Å². The first-order chi connectivity index (χ1) is 17.6. The van der Waals surface area contributed by atoms with Gasteiger partial charge in [-0.05, 0) is 30.7 Å². The summed E-state index contributed by atoms with van der Waals surface area (Å²) in [6, 6.07) is 8.98. The van der Waals surface area contributed by atoms with E-state index < -0.39 is 0 Å². The minimum atomic E-state index is -0.204. The van der Waals surface area contributed by atoms with E-state index in [1.54, 1.807) is 41.2 Å². The van der Waals surface area contributed by atoms with Gasteiger partial charge in [-0.1, -0.05) is 11.6 Å². The molecule has 0 amide bonds. The maximum atomic E-state index is 10.1. The number of halogens is 1. The van der Waals surface area contributed by atoms with Gasteiger partial charge in [0.15, 0.2) is 11.5 Å². The standard InChI is InChI=1S/C24H20ClN9O2/c25-17-6-15(1-2-19(17)36-16-3-4-34-20(7-16)28-12-30-34)31-23-21-18(27-11-29-23)8-26-24(32-21)33-9-13-5-14(10-33)22(13)35/h1-4,6-8,11-14,22,35H,5,9-10H2,(H,27,29,31)/t13-,14+,22?. The van der Waals surface area contributed by atoms with Crippen LogP contribution in [0, 0.1) is 11.8 Å². The molecule has 3 fully saturated rings. The fraction of sp³-hybridized carbons (Fsp3) is 0.250. The predicted molar refractivity (Wildman–Crippen MR) is 133 cm³/mol.